The van der Waals surface area contributed by atoms with Crippen molar-refractivity contribution in [3.8, 4) is 5.75 Å². The molecule has 2 heteroatoms. The maximum absolute atomic E-state index is 6.16. The summed E-state index contributed by atoms with van der Waals surface area (Å²) in [5, 5.41) is 3.61. The van der Waals surface area contributed by atoms with Crippen LogP contribution in [0.25, 0.3) is 0 Å². The molecule has 1 aliphatic rings. The Balaban J connectivity index is 1.94. The Morgan fingerprint density at radius 1 is 1.28 bits per heavy atom. The molecule has 0 spiro atoms. The van der Waals surface area contributed by atoms with Gasteiger partial charge in [-0.3, -0.25) is 0 Å². The lowest BCUT2D eigenvalue weighted by atomic mass is 10.1. The highest BCUT2D eigenvalue weighted by Crippen LogP contribution is 2.25. The number of hydrogen-bond acceptors (Lipinski definition) is 2. The van der Waals surface area contributed by atoms with Gasteiger partial charge in [-0.1, -0.05) is 26.0 Å². The second kappa shape index (κ2) is 6.79. The molecule has 1 fully saturated rings. The molecule has 2 rings (SSSR count). The largest absolute Gasteiger partial charge is 0.489 e. The molecule has 1 N–H and O–H groups in total. The fourth-order valence-electron chi connectivity index (χ4n) is 2.64. The summed E-state index contributed by atoms with van der Waals surface area (Å²) in [5.74, 6) is 1.03. The molecule has 0 radical (unpaired) electrons. The van der Waals surface area contributed by atoms with Crippen LogP contribution in [0.15, 0.2) is 24.3 Å². The molecule has 0 aliphatic heterocycles. The highest BCUT2D eigenvalue weighted by Gasteiger charge is 2.28. The predicted molar refractivity (Wildman–Crippen MR) is 76.2 cm³/mol. The third kappa shape index (κ3) is 3.49. The molecule has 2 unspecified atom stereocenters. The summed E-state index contributed by atoms with van der Waals surface area (Å²) in [6, 6.07) is 9.05. The normalized spacial score (nSPS) is 23.2. The Kier molecular flexibility index (Phi) is 5.06. The number of rotatable bonds is 6. The molecule has 100 valence electrons. The van der Waals surface area contributed by atoms with Crippen molar-refractivity contribution in [1.29, 1.82) is 0 Å². The van der Waals surface area contributed by atoms with Crippen molar-refractivity contribution in [2.75, 3.05) is 6.54 Å². The first kappa shape index (κ1) is 13.4. The molecule has 1 aromatic carbocycles. The van der Waals surface area contributed by atoms with Crippen molar-refractivity contribution in [3.05, 3.63) is 29.8 Å². The first-order valence-electron chi connectivity index (χ1n) is 7.32. The molecular formula is C16H25NO. The van der Waals surface area contributed by atoms with Gasteiger partial charge in [0.25, 0.3) is 0 Å². The maximum atomic E-state index is 6.16. The zero-order valence-corrected chi connectivity index (χ0v) is 11.6. The molecule has 2 nitrogen and oxygen atoms in total. The van der Waals surface area contributed by atoms with Crippen LogP contribution in [0.4, 0.5) is 0 Å². The third-order valence-electron chi connectivity index (χ3n) is 3.70. The van der Waals surface area contributed by atoms with E-state index in [4.69, 9.17) is 4.74 Å². The molecule has 18 heavy (non-hydrogen) atoms. The summed E-state index contributed by atoms with van der Waals surface area (Å²) in [5.41, 5.74) is 1.35. The number of ether oxygens (including phenoxy) is 1. The summed E-state index contributed by atoms with van der Waals surface area (Å²) in [6.07, 6.45) is 6.31. The van der Waals surface area contributed by atoms with Crippen molar-refractivity contribution in [2.24, 2.45) is 0 Å². The van der Waals surface area contributed by atoms with E-state index in [0.717, 1.165) is 18.7 Å². The van der Waals surface area contributed by atoms with E-state index in [1.807, 2.05) is 0 Å². The second-order valence-electron chi connectivity index (χ2n) is 5.15. The smallest absolute Gasteiger partial charge is 0.120 e. The van der Waals surface area contributed by atoms with Gasteiger partial charge >= 0.3 is 0 Å². The van der Waals surface area contributed by atoms with E-state index in [2.05, 4.69) is 43.4 Å². The van der Waals surface area contributed by atoms with Crippen molar-refractivity contribution in [1.82, 2.24) is 5.32 Å². The molecule has 1 aliphatic carbocycles. The van der Waals surface area contributed by atoms with E-state index in [-0.39, 0.29) is 0 Å². The average molecular weight is 247 g/mol. The van der Waals surface area contributed by atoms with Crippen LogP contribution in [0.3, 0.4) is 0 Å². The van der Waals surface area contributed by atoms with Gasteiger partial charge in [-0.05, 0) is 56.3 Å². The average Bonchev–Trinajstić information content (AvgIpc) is 2.84. The highest BCUT2D eigenvalue weighted by molar-refractivity contribution is 5.28. The molecule has 0 bridgehead atoms. The van der Waals surface area contributed by atoms with Gasteiger partial charge in [0.05, 0.1) is 0 Å². The molecule has 0 saturated heterocycles. The Hall–Kier alpha value is -1.02. The fourth-order valence-corrected chi connectivity index (χ4v) is 2.64. The van der Waals surface area contributed by atoms with Crippen molar-refractivity contribution >= 4 is 0 Å². The number of nitrogens with one attached hydrogen (secondary N) is 1. The molecule has 0 heterocycles. The van der Waals surface area contributed by atoms with E-state index < -0.39 is 0 Å². The molecular weight excluding hydrogens is 222 g/mol. The lowest BCUT2D eigenvalue weighted by Gasteiger charge is -2.22. The molecule has 1 aromatic rings. The summed E-state index contributed by atoms with van der Waals surface area (Å²) in [4.78, 5) is 0. The Morgan fingerprint density at radius 2 is 2.17 bits per heavy atom. The van der Waals surface area contributed by atoms with Crippen molar-refractivity contribution < 1.29 is 4.74 Å². The minimum absolute atomic E-state index is 0.351. The number of benzene rings is 1. The van der Waals surface area contributed by atoms with E-state index in [9.17, 15) is 0 Å². The third-order valence-corrected chi connectivity index (χ3v) is 3.70. The minimum atomic E-state index is 0.351. The Bertz CT molecular complexity index is 364. The first-order valence-corrected chi connectivity index (χ1v) is 7.32. The predicted octanol–water partition coefficient (Wildman–Crippen LogP) is 3.55. The topological polar surface area (TPSA) is 21.3 Å². The van der Waals surface area contributed by atoms with Crippen molar-refractivity contribution in [2.45, 2.75) is 58.1 Å². The van der Waals surface area contributed by atoms with Gasteiger partial charge in [-0.2, -0.15) is 0 Å². The van der Waals surface area contributed by atoms with Gasteiger partial charge < -0.3 is 10.1 Å². The SMILES string of the molecule is CCCNC1CCCC1Oc1cccc(CC)c1. The van der Waals surface area contributed by atoms with Crippen LogP contribution in [-0.2, 0) is 6.42 Å². The van der Waals surface area contributed by atoms with Gasteiger partial charge in [-0.25, -0.2) is 0 Å². The quantitative estimate of drug-likeness (QED) is 0.830. The molecule has 0 amide bonds. The van der Waals surface area contributed by atoms with Gasteiger partial charge in [-0.15, -0.1) is 0 Å². The standard InChI is InChI=1S/C16H25NO/c1-3-11-17-15-9-6-10-16(15)18-14-8-5-7-13(4-2)12-14/h5,7-8,12,15-17H,3-4,6,9-11H2,1-2H3. The van der Waals surface area contributed by atoms with Crippen LogP contribution >= 0.6 is 0 Å². The van der Waals surface area contributed by atoms with Crippen LogP contribution in [0, 0.1) is 0 Å². The van der Waals surface area contributed by atoms with E-state index >= 15 is 0 Å². The summed E-state index contributed by atoms with van der Waals surface area (Å²) >= 11 is 0. The first-order chi connectivity index (χ1) is 8.83. The van der Waals surface area contributed by atoms with E-state index in [0.29, 0.717) is 12.1 Å². The summed E-state index contributed by atoms with van der Waals surface area (Å²) in [7, 11) is 0. The van der Waals surface area contributed by atoms with Gasteiger partial charge in [0.2, 0.25) is 0 Å². The molecule has 0 aromatic heterocycles. The summed E-state index contributed by atoms with van der Waals surface area (Å²) in [6.45, 7) is 5.49. The minimum Gasteiger partial charge on any atom is -0.489 e. The highest BCUT2D eigenvalue weighted by atomic mass is 16.5. The Labute approximate surface area is 111 Å². The van der Waals surface area contributed by atoms with Gasteiger partial charge in [0, 0.05) is 6.04 Å². The van der Waals surface area contributed by atoms with Crippen LogP contribution < -0.4 is 10.1 Å². The van der Waals surface area contributed by atoms with Gasteiger partial charge in [0.1, 0.15) is 11.9 Å². The Morgan fingerprint density at radius 3 is 2.94 bits per heavy atom. The lowest BCUT2D eigenvalue weighted by molar-refractivity contribution is 0.175. The monoisotopic (exact) mass is 247 g/mol. The van der Waals surface area contributed by atoms with E-state index in [1.54, 1.807) is 0 Å². The second-order valence-corrected chi connectivity index (χ2v) is 5.15. The summed E-state index contributed by atoms with van der Waals surface area (Å²) < 4.78 is 6.16. The zero-order chi connectivity index (χ0) is 12.8. The van der Waals surface area contributed by atoms with Crippen molar-refractivity contribution in [3.63, 3.8) is 0 Å². The molecule has 1 saturated carbocycles. The molecule has 2 atom stereocenters. The van der Waals surface area contributed by atoms with Crippen LogP contribution in [-0.4, -0.2) is 18.7 Å². The van der Waals surface area contributed by atoms with Gasteiger partial charge in [0.15, 0.2) is 0 Å². The zero-order valence-electron chi connectivity index (χ0n) is 11.6. The van der Waals surface area contributed by atoms with Crippen LogP contribution in [0.2, 0.25) is 0 Å². The van der Waals surface area contributed by atoms with E-state index in [1.165, 1.54) is 31.2 Å². The number of hydrogen-bond donors (Lipinski definition) is 1. The number of aryl methyl sites for hydroxylation is 1. The fraction of sp³-hybridized carbons (Fsp3) is 0.625. The van der Waals surface area contributed by atoms with Crippen LogP contribution in [0.5, 0.6) is 5.75 Å². The van der Waals surface area contributed by atoms with Crippen LogP contribution in [0.1, 0.15) is 45.1 Å². The maximum Gasteiger partial charge on any atom is 0.120 e. The lowest BCUT2D eigenvalue weighted by Crippen LogP contribution is -2.39.